The molecule has 7 nitrogen and oxygen atoms in total. The zero-order chi connectivity index (χ0) is 18.8. The number of carbonyl (C=O) groups excluding carboxylic acids is 2. The molecule has 1 saturated heterocycles. The Hall–Kier alpha value is -2.70. The summed E-state index contributed by atoms with van der Waals surface area (Å²) in [5.41, 5.74) is 0.627. The van der Waals surface area contributed by atoms with Crippen molar-refractivity contribution in [1.82, 2.24) is 20.0 Å². The molecule has 7 heteroatoms. The molecule has 2 aromatic rings. The molecule has 1 aromatic heterocycles. The first-order valence-corrected chi connectivity index (χ1v) is 9.66. The van der Waals surface area contributed by atoms with E-state index in [1.165, 1.54) is 0 Å². The number of H-pyrrole nitrogens is 1. The summed E-state index contributed by atoms with van der Waals surface area (Å²) in [6, 6.07) is 7.40. The molecule has 2 heterocycles. The molecule has 0 radical (unpaired) electrons. The van der Waals surface area contributed by atoms with Crippen molar-refractivity contribution in [3.8, 4) is 0 Å². The van der Waals surface area contributed by atoms with Gasteiger partial charge < -0.3 is 9.80 Å². The van der Waals surface area contributed by atoms with Gasteiger partial charge in [0.05, 0.1) is 11.1 Å². The van der Waals surface area contributed by atoms with Crippen LogP contribution in [-0.4, -0.2) is 58.0 Å². The Morgan fingerprint density at radius 2 is 1.70 bits per heavy atom. The second kappa shape index (κ2) is 7.50. The van der Waals surface area contributed by atoms with Crippen LogP contribution in [0.2, 0.25) is 0 Å². The number of piperazine rings is 1. The van der Waals surface area contributed by atoms with E-state index in [2.05, 4.69) is 10.2 Å². The minimum atomic E-state index is -0.191. The lowest BCUT2D eigenvalue weighted by Gasteiger charge is -2.35. The summed E-state index contributed by atoms with van der Waals surface area (Å²) in [4.78, 5) is 40.2. The Morgan fingerprint density at radius 3 is 2.41 bits per heavy atom. The van der Waals surface area contributed by atoms with E-state index in [1.807, 2.05) is 28.0 Å². The van der Waals surface area contributed by atoms with Gasteiger partial charge in [0.25, 0.3) is 5.56 Å². The highest BCUT2D eigenvalue weighted by Crippen LogP contribution is 2.31. The normalized spacial score (nSPS) is 17.3. The number of amides is 2. The van der Waals surface area contributed by atoms with Gasteiger partial charge in [-0.15, -0.1) is 0 Å². The average molecular weight is 368 g/mol. The van der Waals surface area contributed by atoms with Gasteiger partial charge in [0.1, 0.15) is 0 Å². The van der Waals surface area contributed by atoms with Gasteiger partial charge in [-0.3, -0.25) is 14.4 Å². The third-order valence-corrected chi connectivity index (χ3v) is 5.45. The van der Waals surface area contributed by atoms with E-state index in [1.54, 1.807) is 6.07 Å². The molecule has 0 unspecified atom stereocenters. The SMILES string of the molecule is O=C(CCCc1n[nH]c(=O)c2ccccc12)N1CCN(C(=O)C2CC2)CC1. The maximum atomic E-state index is 12.5. The number of rotatable bonds is 5. The van der Waals surface area contributed by atoms with Crippen LogP contribution in [0.1, 0.15) is 31.4 Å². The van der Waals surface area contributed by atoms with Gasteiger partial charge >= 0.3 is 0 Å². The van der Waals surface area contributed by atoms with Crippen LogP contribution in [0.4, 0.5) is 0 Å². The fraction of sp³-hybridized carbons (Fsp3) is 0.500. The van der Waals surface area contributed by atoms with Crippen LogP contribution < -0.4 is 5.56 Å². The summed E-state index contributed by atoms with van der Waals surface area (Å²) >= 11 is 0. The van der Waals surface area contributed by atoms with Gasteiger partial charge in [-0.05, 0) is 31.7 Å². The number of benzene rings is 1. The van der Waals surface area contributed by atoms with Crippen LogP contribution in [-0.2, 0) is 16.0 Å². The van der Waals surface area contributed by atoms with Crippen molar-refractivity contribution in [2.75, 3.05) is 26.2 Å². The predicted octanol–water partition coefficient (Wildman–Crippen LogP) is 1.33. The van der Waals surface area contributed by atoms with Crippen LogP contribution in [0, 0.1) is 5.92 Å². The van der Waals surface area contributed by atoms with Crippen LogP contribution in [0.15, 0.2) is 29.1 Å². The number of hydrogen-bond acceptors (Lipinski definition) is 4. The lowest BCUT2D eigenvalue weighted by Crippen LogP contribution is -2.51. The van der Waals surface area contributed by atoms with Gasteiger partial charge in [-0.25, -0.2) is 5.10 Å². The molecule has 2 fully saturated rings. The zero-order valence-corrected chi connectivity index (χ0v) is 15.3. The summed E-state index contributed by atoms with van der Waals surface area (Å²) in [5.74, 6) is 0.632. The summed E-state index contributed by atoms with van der Waals surface area (Å²) in [7, 11) is 0. The lowest BCUT2D eigenvalue weighted by molar-refractivity contribution is -0.140. The van der Waals surface area contributed by atoms with Crippen molar-refractivity contribution in [2.45, 2.75) is 32.1 Å². The van der Waals surface area contributed by atoms with Gasteiger partial charge in [0.2, 0.25) is 11.8 Å². The molecule has 4 rings (SSSR count). The van der Waals surface area contributed by atoms with Crippen molar-refractivity contribution >= 4 is 22.6 Å². The van der Waals surface area contributed by atoms with Gasteiger partial charge in [-0.2, -0.15) is 5.10 Å². The molecule has 27 heavy (non-hydrogen) atoms. The van der Waals surface area contributed by atoms with Crippen molar-refractivity contribution in [3.05, 3.63) is 40.3 Å². The van der Waals surface area contributed by atoms with Crippen LogP contribution in [0.25, 0.3) is 10.8 Å². The highest BCUT2D eigenvalue weighted by molar-refractivity contribution is 5.83. The van der Waals surface area contributed by atoms with Crippen molar-refractivity contribution in [3.63, 3.8) is 0 Å². The molecule has 1 aliphatic heterocycles. The monoisotopic (exact) mass is 368 g/mol. The van der Waals surface area contributed by atoms with Crippen molar-refractivity contribution in [2.24, 2.45) is 5.92 Å². The molecular weight excluding hydrogens is 344 g/mol. The van der Waals surface area contributed by atoms with Gasteiger partial charge in [0.15, 0.2) is 0 Å². The lowest BCUT2D eigenvalue weighted by atomic mass is 10.1. The number of aromatic amines is 1. The minimum Gasteiger partial charge on any atom is -0.339 e. The van der Waals surface area contributed by atoms with Gasteiger partial charge in [-0.1, -0.05) is 18.2 Å². The Bertz CT molecular complexity index is 911. The molecule has 1 aromatic carbocycles. The van der Waals surface area contributed by atoms with E-state index in [0.717, 1.165) is 23.9 Å². The Kier molecular flexibility index (Phi) is 4.92. The van der Waals surface area contributed by atoms with Crippen molar-refractivity contribution < 1.29 is 9.59 Å². The Balaban J connectivity index is 1.28. The molecule has 0 atom stereocenters. The van der Waals surface area contributed by atoms with Crippen LogP contribution in [0.5, 0.6) is 0 Å². The highest BCUT2D eigenvalue weighted by Gasteiger charge is 2.35. The third-order valence-electron chi connectivity index (χ3n) is 5.45. The summed E-state index contributed by atoms with van der Waals surface area (Å²) < 4.78 is 0. The van der Waals surface area contributed by atoms with E-state index in [4.69, 9.17) is 0 Å². The number of aromatic nitrogens is 2. The topological polar surface area (TPSA) is 86.4 Å². The minimum absolute atomic E-state index is 0.127. The second-order valence-corrected chi connectivity index (χ2v) is 7.38. The fourth-order valence-electron chi connectivity index (χ4n) is 3.69. The van der Waals surface area contributed by atoms with Gasteiger partial charge in [0, 0.05) is 43.9 Å². The number of fused-ring (bicyclic) bond motifs is 1. The number of aryl methyl sites for hydroxylation is 1. The van der Waals surface area contributed by atoms with E-state index in [9.17, 15) is 14.4 Å². The second-order valence-electron chi connectivity index (χ2n) is 7.38. The smallest absolute Gasteiger partial charge is 0.272 e. The number of carbonyl (C=O) groups is 2. The number of nitrogens with one attached hydrogen (secondary N) is 1. The fourth-order valence-corrected chi connectivity index (χ4v) is 3.69. The summed E-state index contributed by atoms with van der Waals surface area (Å²) in [6.45, 7) is 2.54. The summed E-state index contributed by atoms with van der Waals surface area (Å²) in [5, 5.41) is 8.17. The molecule has 1 aliphatic carbocycles. The molecule has 0 bridgehead atoms. The van der Waals surface area contributed by atoms with E-state index >= 15 is 0 Å². The molecule has 0 spiro atoms. The first-order valence-electron chi connectivity index (χ1n) is 9.66. The maximum absolute atomic E-state index is 12.5. The molecular formula is C20H24N4O3. The summed E-state index contributed by atoms with van der Waals surface area (Å²) in [6.07, 6.45) is 3.81. The van der Waals surface area contributed by atoms with Crippen molar-refractivity contribution in [1.29, 1.82) is 0 Å². The number of nitrogens with zero attached hydrogens (tertiary/aromatic N) is 3. The molecule has 1 N–H and O–H groups in total. The van der Waals surface area contributed by atoms with Crippen LogP contribution in [0.3, 0.4) is 0 Å². The first-order chi connectivity index (χ1) is 13.1. The van der Waals surface area contributed by atoms with E-state index < -0.39 is 0 Å². The largest absolute Gasteiger partial charge is 0.339 e. The standard InChI is InChI=1S/C20H24N4O3/c25-18(23-10-12-24(13-11-23)20(27)14-8-9-14)7-3-6-17-15-4-1-2-5-16(15)19(26)22-21-17/h1-2,4-5,14H,3,6-13H2,(H,22,26). The van der Waals surface area contributed by atoms with E-state index in [0.29, 0.717) is 50.8 Å². The zero-order valence-electron chi connectivity index (χ0n) is 15.3. The third kappa shape index (κ3) is 3.86. The first kappa shape index (κ1) is 17.7. The highest BCUT2D eigenvalue weighted by atomic mass is 16.2. The van der Waals surface area contributed by atoms with Crippen LogP contribution >= 0.6 is 0 Å². The molecule has 1 saturated carbocycles. The average Bonchev–Trinajstić information content (AvgIpc) is 3.55. The maximum Gasteiger partial charge on any atom is 0.272 e. The molecule has 2 amide bonds. The molecule has 142 valence electrons. The molecule has 2 aliphatic rings. The Morgan fingerprint density at radius 1 is 1.04 bits per heavy atom. The quantitative estimate of drug-likeness (QED) is 0.863. The van der Waals surface area contributed by atoms with E-state index in [-0.39, 0.29) is 23.3 Å². The predicted molar refractivity (Wildman–Crippen MR) is 101 cm³/mol. The number of hydrogen-bond donors (Lipinski definition) is 1. The Labute approximate surface area is 157 Å².